The largest absolute Gasteiger partial charge is 0.323 e. The van der Waals surface area contributed by atoms with Crippen LogP contribution in [0.15, 0.2) is 6.20 Å². The molecule has 2 N–H and O–H groups in total. The maximum Gasteiger partial charge on any atom is 0.0582 e. The molecular weight excluding hydrogens is 234 g/mol. The van der Waals surface area contributed by atoms with Gasteiger partial charge in [-0.05, 0) is 68.6 Å². The van der Waals surface area contributed by atoms with E-state index in [1.54, 1.807) is 0 Å². The molecule has 0 aliphatic heterocycles. The maximum atomic E-state index is 6.22. The zero-order valence-electron chi connectivity index (χ0n) is 12.1. The second-order valence-corrected chi connectivity index (χ2v) is 7.55. The van der Waals surface area contributed by atoms with Gasteiger partial charge in [-0.3, -0.25) is 4.68 Å². The van der Waals surface area contributed by atoms with E-state index in [9.17, 15) is 0 Å². The number of nitrogens with zero attached hydrogens (tertiary/aromatic N) is 2. The number of aromatic nitrogens is 2. The number of rotatable bonds is 2. The summed E-state index contributed by atoms with van der Waals surface area (Å²) in [5.74, 6) is 2.94. The highest BCUT2D eigenvalue weighted by atomic mass is 15.3. The zero-order chi connectivity index (χ0) is 13.2. The molecule has 4 aliphatic carbocycles. The first kappa shape index (κ1) is 12.0. The molecule has 4 bridgehead atoms. The molecular formula is C16H25N3. The first-order valence-electron chi connectivity index (χ1n) is 7.85. The summed E-state index contributed by atoms with van der Waals surface area (Å²) in [6.45, 7) is 2.10. The lowest BCUT2D eigenvalue weighted by atomic mass is 9.48. The van der Waals surface area contributed by atoms with Crippen LogP contribution in [0.3, 0.4) is 0 Å². The number of hydrogen-bond acceptors (Lipinski definition) is 2. The Morgan fingerprint density at radius 1 is 1.21 bits per heavy atom. The lowest BCUT2D eigenvalue weighted by molar-refractivity contribution is -0.00575. The Morgan fingerprint density at radius 2 is 1.74 bits per heavy atom. The first-order chi connectivity index (χ1) is 9.07. The summed E-state index contributed by atoms with van der Waals surface area (Å²) in [6.07, 6.45) is 10.8. The molecule has 3 heteroatoms. The molecule has 0 saturated heterocycles. The highest BCUT2D eigenvalue weighted by Crippen LogP contribution is 2.61. The molecule has 1 aromatic rings. The molecule has 19 heavy (non-hydrogen) atoms. The molecule has 4 aliphatic rings. The monoisotopic (exact) mass is 259 g/mol. The summed E-state index contributed by atoms with van der Waals surface area (Å²) in [5.41, 5.74) is 9.41. The van der Waals surface area contributed by atoms with Crippen LogP contribution < -0.4 is 5.73 Å². The third kappa shape index (κ3) is 1.63. The molecule has 1 heterocycles. The van der Waals surface area contributed by atoms with Crippen molar-refractivity contribution >= 4 is 0 Å². The molecule has 4 saturated carbocycles. The summed E-state index contributed by atoms with van der Waals surface area (Å²) in [6, 6.07) is 0.0931. The molecule has 104 valence electrons. The molecule has 0 aromatic carbocycles. The van der Waals surface area contributed by atoms with E-state index < -0.39 is 0 Å². The Bertz CT molecular complexity index is 465. The Hall–Kier alpha value is -0.830. The molecule has 5 rings (SSSR count). The number of nitrogens with two attached hydrogens (primary N) is 1. The van der Waals surface area contributed by atoms with E-state index in [1.165, 1.54) is 49.8 Å². The van der Waals surface area contributed by atoms with Crippen molar-refractivity contribution in [1.29, 1.82) is 0 Å². The van der Waals surface area contributed by atoms with Crippen molar-refractivity contribution in [2.24, 2.45) is 30.5 Å². The highest BCUT2D eigenvalue weighted by molar-refractivity contribution is 5.33. The molecule has 0 radical (unpaired) electrons. The van der Waals surface area contributed by atoms with Crippen LogP contribution in [0.5, 0.6) is 0 Å². The van der Waals surface area contributed by atoms with Crippen LogP contribution in [-0.4, -0.2) is 9.78 Å². The molecule has 1 unspecified atom stereocenters. The first-order valence-corrected chi connectivity index (χ1v) is 7.85. The average molecular weight is 259 g/mol. The van der Waals surface area contributed by atoms with Crippen LogP contribution in [0.25, 0.3) is 0 Å². The molecule has 4 fully saturated rings. The van der Waals surface area contributed by atoms with Gasteiger partial charge in [-0.25, -0.2) is 0 Å². The number of hydrogen-bond donors (Lipinski definition) is 1. The third-order valence-electron chi connectivity index (χ3n) is 6.03. The lowest BCUT2D eigenvalue weighted by Gasteiger charge is -2.57. The SMILES string of the molecule is CC(N)c1c(C23CC4CC(CC(C4)C2)C3)cnn1C. The van der Waals surface area contributed by atoms with Crippen LogP contribution in [-0.2, 0) is 12.5 Å². The Kier molecular flexibility index (Phi) is 2.42. The van der Waals surface area contributed by atoms with Crippen molar-refractivity contribution in [3.05, 3.63) is 17.5 Å². The van der Waals surface area contributed by atoms with E-state index in [-0.39, 0.29) is 6.04 Å². The molecule has 1 atom stereocenters. The minimum Gasteiger partial charge on any atom is -0.323 e. The van der Waals surface area contributed by atoms with Crippen LogP contribution in [0.4, 0.5) is 0 Å². The van der Waals surface area contributed by atoms with Crippen molar-refractivity contribution in [1.82, 2.24) is 9.78 Å². The average Bonchev–Trinajstić information content (AvgIpc) is 2.70. The van der Waals surface area contributed by atoms with Gasteiger partial charge in [-0.2, -0.15) is 5.10 Å². The summed E-state index contributed by atoms with van der Waals surface area (Å²) < 4.78 is 2.01. The van der Waals surface area contributed by atoms with Crippen LogP contribution >= 0.6 is 0 Å². The van der Waals surface area contributed by atoms with Gasteiger partial charge in [0.1, 0.15) is 0 Å². The number of aryl methyl sites for hydroxylation is 1. The van der Waals surface area contributed by atoms with E-state index in [0.717, 1.165) is 17.8 Å². The van der Waals surface area contributed by atoms with Crippen molar-refractivity contribution in [2.45, 2.75) is 56.9 Å². The summed E-state index contributed by atoms with van der Waals surface area (Å²) in [4.78, 5) is 0. The minimum absolute atomic E-state index is 0.0931. The fourth-order valence-corrected chi connectivity index (χ4v) is 5.84. The quantitative estimate of drug-likeness (QED) is 0.887. The fraction of sp³-hybridized carbons (Fsp3) is 0.812. The van der Waals surface area contributed by atoms with Crippen molar-refractivity contribution < 1.29 is 0 Å². The Morgan fingerprint density at radius 3 is 2.21 bits per heavy atom. The van der Waals surface area contributed by atoms with Gasteiger partial charge >= 0.3 is 0 Å². The van der Waals surface area contributed by atoms with E-state index in [1.807, 2.05) is 11.7 Å². The van der Waals surface area contributed by atoms with E-state index in [0.29, 0.717) is 5.41 Å². The van der Waals surface area contributed by atoms with Gasteiger partial charge in [0, 0.05) is 18.7 Å². The summed E-state index contributed by atoms with van der Waals surface area (Å²) in [7, 11) is 2.04. The maximum absolute atomic E-state index is 6.22. The Balaban J connectivity index is 1.80. The summed E-state index contributed by atoms with van der Waals surface area (Å²) >= 11 is 0. The standard InChI is InChI=1S/C16H25N3/c1-10(17)15-14(9-18-19(15)2)16-6-11-3-12(7-16)5-13(4-11)8-16/h9-13H,3-8,17H2,1-2H3. The van der Waals surface area contributed by atoms with Gasteiger partial charge in [0.15, 0.2) is 0 Å². The summed E-state index contributed by atoms with van der Waals surface area (Å²) in [5, 5.41) is 4.53. The van der Waals surface area contributed by atoms with Gasteiger partial charge < -0.3 is 5.73 Å². The molecule has 1 aromatic heterocycles. The predicted octanol–water partition coefficient (Wildman–Crippen LogP) is 2.91. The van der Waals surface area contributed by atoms with Crippen LogP contribution in [0, 0.1) is 17.8 Å². The minimum atomic E-state index is 0.0931. The Labute approximate surface area is 115 Å². The molecule has 3 nitrogen and oxygen atoms in total. The third-order valence-corrected chi connectivity index (χ3v) is 6.03. The predicted molar refractivity (Wildman–Crippen MR) is 75.7 cm³/mol. The highest BCUT2D eigenvalue weighted by Gasteiger charge is 2.52. The van der Waals surface area contributed by atoms with Crippen molar-refractivity contribution in [2.75, 3.05) is 0 Å². The van der Waals surface area contributed by atoms with Gasteiger partial charge in [0.25, 0.3) is 0 Å². The van der Waals surface area contributed by atoms with Gasteiger partial charge in [-0.1, -0.05) is 0 Å². The van der Waals surface area contributed by atoms with E-state index >= 15 is 0 Å². The van der Waals surface area contributed by atoms with Crippen molar-refractivity contribution in [3.8, 4) is 0 Å². The fourth-order valence-electron chi connectivity index (χ4n) is 5.84. The lowest BCUT2D eigenvalue weighted by Crippen LogP contribution is -2.49. The van der Waals surface area contributed by atoms with Crippen LogP contribution in [0.2, 0.25) is 0 Å². The molecule has 0 amide bonds. The van der Waals surface area contributed by atoms with E-state index in [4.69, 9.17) is 5.73 Å². The normalized spacial score (nSPS) is 41.7. The van der Waals surface area contributed by atoms with Gasteiger partial charge in [0.05, 0.1) is 11.9 Å². The second-order valence-electron chi connectivity index (χ2n) is 7.55. The van der Waals surface area contributed by atoms with Crippen LogP contribution in [0.1, 0.15) is 62.7 Å². The van der Waals surface area contributed by atoms with Crippen molar-refractivity contribution in [3.63, 3.8) is 0 Å². The zero-order valence-corrected chi connectivity index (χ0v) is 12.1. The smallest absolute Gasteiger partial charge is 0.0582 e. The van der Waals surface area contributed by atoms with E-state index in [2.05, 4.69) is 18.2 Å². The topological polar surface area (TPSA) is 43.8 Å². The van der Waals surface area contributed by atoms with Gasteiger partial charge in [-0.15, -0.1) is 0 Å². The molecule has 0 spiro atoms. The second kappa shape index (κ2) is 3.85. The van der Waals surface area contributed by atoms with Gasteiger partial charge in [0.2, 0.25) is 0 Å².